The molecule has 0 atom stereocenters. The fourth-order valence-electron chi connectivity index (χ4n) is 8.34. The van der Waals surface area contributed by atoms with Crippen LogP contribution in [0.1, 0.15) is 5.56 Å². The zero-order valence-electron chi connectivity index (χ0n) is 29.0. The van der Waals surface area contributed by atoms with Crippen molar-refractivity contribution >= 4 is 65.3 Å². The zero-order chi connectivity index (χ0) is 35.0. The van der Waals surface area contributed by atoms with E-state index in [1.165, 1.54) is 60.0 Å². The molecular formula is C49H32N4. The number of nitrogens with zero attached hydrogens (tertiary/aromatic N) is 4. The van der Waals surface area contributed by atoms with Gasteiger partial charge in [-0.3, -0.25) is 4.57 Å². The van der Waals surface area contributed by atoms with Crippen molar-refractivity contribution in [2.24, 2.45) is 0 Å². The Labute approximate surface area is 305 Å². The van der Waals surface area contributed by atoms with Gasteiger partial charge in [-0.2, -0.15) is 0 Å². The highest BCUT2D eigenvalue weighted by Crippen LogP contribution is 2.41. The van der Waals surface area contributed by atoms with Crippen molar-refractivity contribution in [1.82, 2.24) is 19.1 Å². The minimum atomic E-state index is 0.665. The molecule has 4 heteroatoms. The van der Waals surface area contributed by atoms with E-state index >= 15 is 0 Å². The van der Waals surface area contributed by atoms with Gasteiger partial charge in [0.2, 0.25) is 5.95 Å². The molecule has 8 aromatic carbocycles. The standard InChI is InChI=1S/C49H32N4/c1-31-20-24-42-40(28-31)48(33-13-4-2-5-14-33)51-49(50-42)53-45-26-23-35(30-41(45)47-37-17-9-8-12-32(37)21-27-46(47)53)34-22-25-44-39(29-34)38-18-10-11-19-43(38)52(44)36-15-6-3-7-16-36/h2-30H,1H3. The molecule has 0 radical (unpaired) electrons. The van der Waals surface area contributed by atoms with Crippen LogP contribution in [0.5, 0.6) is 0 Å². The largest absolute Gasteiger partial charge is 0.309 e. The summed E-state index contributed by atoms with van der Waals surface area (Å²) in [6.07, 6.45) is 0. The number of aromatic nitrogens is 4. The van der Waals surface area contributed by atoms with Crippen LogP contribution in [0.3, 0.4) is 0 Å². The van der Waals surface area contributed by atoms with E-state index in [-0.39, 0.29) is 0 Å². The van der Waals surface area contributed by atoms with Gasteiger partial charge in [0, 0.05) is 38.2 Å². The van der Waals surface area contributed by atoms with E-state index in [2.05, 4.69) is 186 Å². The Morgan fingerprint density at radius 3 is 1.85 bits per heavy atom. The molecule has 11 rings (SSSR count). The molecular weight excluding hydrogens is 645 g/mol. The fraction of sp³-hybridized carbons (Fsp3) is 0.0204. The topological polar surface area (TPSA) is 35.6 Å². The van der Waals surface area contributed by atoms with Crippen LogP contribution in [0.25, 0.3) is 99.3 Å². The third kappa shape index (κ3) is 4.56. The quantitative estimate of drug-likeness (QED) is 0.186. The maximum atomic E-state index is 5.36. The molecule has 4 nitrogen and oxygen atoms in total. The predicted octanol–water partition coefficient (Wildman–Crippen LogP) is 12.6. The average Bonchev–Trinajstić information content (AvgIpc) is 3.73. The molecule has 0 spiro atoms. The fourth-order valence-corrected chi connectivity index (χ4v) is 8.34. The molecule has 0 amide bonds. The Morgan fingerprint density at radius 2 is 1.04 bits per heavy atom. The number of hydrogen-bond donors (Lipinski definition) is 0. The van der Waals surface area contributed by atoms with E-state index in [1.54, 1.807) is 0 Å². The van der Waals surface area contributed by atoms with Crippen molar-refractivity contribution in [2.45, 2.75) is 6.92 Å². The lowest BCUT2D eigenvalue weighted by Gasteiger charge is -2.12. The second-order valence-corrected chi connectivity index (χ2v) is 13.9. The van der Waals surface area contributed by atoms with Crippen LogP contribution in [-0.2, 0) is 0 Å². The molecule has 0 bridgehead atoms. The Hall–Kier alpha value is -7.04. The predicted molar refractivity (Wildman–Crippen MR) is 221 cm³/mol. The van der Waals surface area contributed by atoms with Gasteiger partial charge in [0.25, 0.3) is 0 Å². The SMILES string of the molecule is Cc1ccc2nc(-n3c4ccc(-c5ccc6c(c5)c5ccccc5n6-c5ccccc5)cc4c4c5ccccc5ccc43)nc(-c3ccccc3)c2c1. The molecule has 53 heavy (non-hydrogen) atoms. The van der Waals surface area contributed by atoms with Gasteiger partial charge >= 0.3 is 0 Å². The number of para-hydroxylation sites is 2. The normalized spacial score (nSPS) is 11.9. The van der Waals surface area contributed by atoms with Crippen LogP contribution in [0.2, 0.25) is 0 Å². The van der Waals surface area contributed by atoms with Crippen molar-refractivity contribution in [1.29, 1.82) is 0 Å². The van der Waals surface area contributed by atoms with Crippen LogP contribution >= 0.6 is 0 Å². The molecule has 0 aliphatic heterocycles. The molecule has 0 saturated heterocycles. The van der Waals surface area contributed by atoms with E-state index < -0.39 is 0 Å². The number of fused-ring (bicyclic) bond motifs is 9. The summed E-state index contributed by atoms with van der Waals surface area (Å²) in [5.74, 6) is 0.665. The van der Waals surface area contributed by atoms with Gasteiger partial charge in [-0.25, -0.2) is 9.97 Å². The highest BCUT2D eigenvalue weighted by atomic mass is 15.2. The summed E-state index contributed by atoms with van der Waals surface area (Å²) in [6, 6.07) is 63.1. The van der Waals surface area contributed by atoms with Gasteiger partial charge < -0.3 is 4.57 Å². The minimum Gasteiger partial charge on any atom is -0.309 e. The summed E-state index contributed by atoms with van der Waals surface area (Å²) in [4.78, 5) is 10.6. The van der Waals surface area contributed by atoms with Crippen molar-refractivity contribution in [3.63, 3.8) is 0 Å². The molecule has 0 fully saturated rings. The van der Waals surface area contributed by atoms with E-state index in [1.807, 2.05) is 6.07 Å². The van der Waals surface area contributed by atoms with Gasteiger partial charge in [0.05, 0.1) is 33.3 Å². The first-order chi connectivity index (χ1) is 26.2. The zero-order valence-corrected chi connectivity index (χ0v) is 29.0. The van der Waals surface area contributed by atoms with Gasteiger partial charge in [0.15, 0.2) is 0 Å². The maximum Gasteiger partial charge on any atom is 0.235 e. The van der Waals surface area contributed by atoms with Crippen molar-refractivity contribution in [2.75, 3.05) is 0 Å². The van der Waals surface area contributed by atoms with Crippen LogP contribution in [0.4, 0.5) is 0 Å². The molecule has 0 unspecified atom stereocenters. The van der Waals surface area contributed by atoms with E-state index in [0.29, 0.717) is 5.95 Å². The minimum absolute atomic E-state index is 0.665. The number of hydrogen-bond acceptors (Lipinski definition) is 2. The molecule has 0 saturated carbocycles. The monoisotopic (exact) mass is 676 g/mol. The summed E-state index contributed by atoms with van der Waals surface area (Å²) in [5.41, 5.74) is 12.2. The summed E-state index contributed by atoms with van der Waals surface area (Å²) in [5, 5.41) is 8.34. The summed E-state index contributed by atoms with van der Waals surface area (Å²) < 4.78 is 4.62. The third-order valence-corrected chi connectivity index (χ3v) is 10.8. The molecule has 3 heterocycles. The summed E-state index contributed by atoms with van der Waals surface area (Å²) >= 11 is 0. The van der Waals surface area contributed by atoms with Gasteiger partial charge in [-0.15, -0.1) is 0 Å². The first-order valence-corrected chi connectivity index (χ1v) is 18.1. The van der Waals surface area contributed by atoms with Crippen LogP contribution in [-0.4, -0.2) is 19.1 Å². The van der Waals surface area contributed by atoms with Gasteiger partial charge in [-0.05, 0) is 89.5 Å². The molecule has 11 aromatic rings. The Balaban J connectivity index is 1.18. The molecule has 0 N–H and O–H groups in total. The Kier molecular flexibility index (Phi) is 6.43. The highest BCUT2D eigenvalue weighted by Gasteiger charge is 2.20. The van der Waals surface area contributed by atoms with E-state index in [0.717, 1.165) is 38.9 Å². The molecule has 3 aromatic heterocycles. The first-order valence-electron chi connectivity index (χ1n) is 18.1. The van der Waals surface area contributed by atoms with Crippen molar-refractivity contribution in [3.8, 4) is 34.0 Å². The lowest BCUT2D eigenvalue weighted by atomic mass is 9.99. The van der Waals surface area contributed by atoms with Crippen LogP contribution in [0.15, 0.2) is 176 Å². The summed E-state index contributed by atoms with van der Waals surface area (Å²) in [7, 11) is 0. The van der Waals surface area contributed by atoms with E-state index in [9.17, 15) is 0 Å². The third-order valence-electron chi connectivity index (χ3n) is 10.8. The second-order valence-electron chi connectivity index (χ2n) is 13.9. The molecule has 0 aliphatic carbocycles. The van der Waals surface area contributed by atoms with Crippen molar-refractivity contribution < 1.29 is 0 Å². The molecule has 248 valence electrons. The second kappa shape index (κ2) is 11.5. The van der Waals surface area contributed by atoms with Crippen LogP contribution < -0.4 is 0 Å². The van der Waals surface area contributed by atoms with Crippen LogP contribution in [0, 0.1) is 6.92 Å². The van der Waals surface area contributed by atoms with Gasteiger partial charge in [-0.1, -0.05) is 121 Å². The van der Waals surface area contributed by atoms with E-state index in [4.69, 9.17) is 9.97 Å². The molecule has 0 aliphatic rings. The summed E-state index contributed by atoms with van der Waals surface area (Å²) in [6.45, 7) is 2.12. The lowest BCUT2D eigenvalue weighted by molar-refractivity contribution is 1.01. The first kappa shape index (κ1) is 29.7. The van der Waals surface area contributed by atoms with Gasteiger partial charge in [0.1, 0.15) is 0 Å². The van der Waals surface area contributed by atoms with Crippen molar-refractivity contribution in [3.05, 3.63) is 181 Å². The Bertz CT molecular complexity index is 3230. The Morgan fingerprint density at radius 1 is 0.396 bits per heavy atom. The maximum absolute atomic E-state index is 5.36. The number of benzene rings is 8. The highest BCUT2D eigenvalue weighted by molar-refractivity contribution is 6.22. The number of aryl methyl sites for hydroxylation is 1. The average molecular weight is 677 g/mol. The number of rotatable bonds is 4. The lowest BCUT2D eigenvalue weighted by Crippen LogP contribution is -2.03. The smallest absolute Gasteiger partial charge is 0.235 e.